The molecule has 2 aliphatic heterocycles. The van der Waals surface area contributed by atoms with E-state index in [0.717, 1.165) is 34.1 Å². The Morgan fingerprint density at radius 2 is 1.69 bits per heavy atom. The molecule has 3 aromatic rings. The number of rotatable bonds is 4. The van der Waals surface area contributed by atoms with Gasteiger partial charge in [0, 0.05) is 49.2 Å². The van der Waals surface area contributed by atoms with Crippen molar-refractivity contribution >= 4 is 39.0 Å². The van der Waals surface area contributed by atoms with Crippen LogP contribution in [0.15, 0.2) is 53.7 Å². The van der Waals surface area contributed by atoms with Crippen molar-refractivity contribution in [2.24, 2.45) is 0 Å². The zero-order valence-corrected chi connectivity index (χ0v) is 20.3. The molecule has 1 amide bonds. The van der Waals surface area contributed by atoms with Crippen molar-refractivity contribution in [3.8, 4) is 5.00 Å². The maximum absolute atomic E-state index is 13.7. The summed E-state index contributed by atoms with van der Waals surface area (Å²) in [6, 6.07) is 10.9. The van der Waals surface area contributed by atoms with Crippen molar-refractivity contribution in [2.45, 2.75) is 24.0 Å². The molecule has 4 heterocycles. The lowest BCUT2D eigenvalue weighted by Crippen LogP contribution is -2.50. The average molecular weight is 488 g/mol. The molecule has 0 unspecified atom stereocenters. The maximum Gasteiger partial charge on any atom is 0.257 e. The number of hydrogen-bond donors (Lipinski definition) is 0. The molecule has 1 aromatic carbocycles. The van der Waals surface area contributed by atoms with Gasteiger partial charge in [0.25, 0.3) is 5.91 Å². The van der Waals surface area contributed by atoms with Crippen molar-refractivity contribution in [3.05, 3.63) is 70.4 Å². The van der Waals surface area contributed by atoms with Crippen molar-refractivity contribution in [2.75, 3.05) is 31.9 Å². The minimum atomic E-state index is -3.55. The highest BCUT2D eigenvalue weighted by Gasteiger charge is 2.34. The molecule has 0 saturated carbocycles. The summed E-state index contributed by atoms with van der Waals surface area (Å²) in [5.41, 5.74) is 3.00. The summed E-state index contributed by atoms with van der Waals surface area (Å²) in [7, 11) is -3.55. The zero-order chi connectivity index (χ0) is 22.3. The van der Waals surface area contributed by atoms with E-state index in [9.17, 15) is 13.2 Å². The van der Waals surface area contributed by atoms with E-state index in [2.05, 4.69) is 0 Å². The highest BCUT2D eigenvalue weighted by atomic mass is 32.2. The first-order valence-electron chi connectivity index (χ1n) is 10.7. The lowest BCUT2D eigenvalue weighted by Gasteiger charge is -2.34. The number of sulfonamides is 1. The van der Waals surface area contributed by atoms with Crippen molar-refractivity contribution in [1.29, 1.82) is 0 Å². The van der Waals surface area contributed by atoms with Crippen LogP contribution >= 0.6 is 23.1 Å². The number of nitrogens with zero attached hydrogens (tertiary/aromatic N) is 3. The third kappa shape index (κ3) is 3.91. The van der Waals surface area contributed by atoms with Gasteiger partial charge in [-0.15, -0.1) is 11.3 Å². The molecule has 0 radical (unpaired) electrons. The molecule has 9 heteroatoms. The predicted molar refractivity (Wildman–Crippen MR) is 129 cm³/mol. The van der Waals surface area contributed by atoms with E-state index >= 15 is 0 Å². The monoisotopic (exact) mass is 487 g/mol. The molecule has 6 nitrogen and oxygen atoms in total. The number of carbonyl (C=O) groups excluding carboxylic acids is 1. The highest BCUT2D eigenvalue weighted by Crippen LogP contribution is 2.39. The van der Waals surface area contributed by atoms with Crippen LogP contribution in [0.4, 0.5) is 0 Å². The maximum atomic E-state index is 13.7. The van der Waals surface area contributed by atoms with E-state index in [1.54, 1.807) is 23.5 Å². The van der Waals surface area contributed by atoms with Gasteiger partial charge in [-0.2, -0.15) is 16.1 Å². The fraction of sp³-hybridized carbons (Fsp3) is 0.348. The Hall–Kier alpha value is -2.07. The first-order chi connectivity index (χ1) is 15.4. The van der Waals surface area contributed by atoms with E-state index in [1.165, 1.54) is 14.7 Å². The molecular formula is C23H25N3O3S3. The van der Waals surface area contributed by atoms with Gasteiger partial charge in [0.2, 0.25) is 10.0 Å². The molecule has 0 aliphatic carbocycles. The van der Waals surface area contributed by atoms with E-state index in [-0.39, 0.29) is 5.91 Å². The second kappa shape index (κ2) is 8.70. The first-order valence-corrected chi connectivity index (χ1v) is 14.1. The molecule has 5 rings (SSSR count). The summed E-state index contributed by atoms with van der Waals surface area (Å²) < 4.78 is 29.6. The standard InChI is InChI=1S/C23H25N3O3S3/c1-17-4-6-18(7-5-17)32(28,29)26-13-11-24(12-14-26)22(27)21-19-8-15-30-16-20(19)31-23(21)25-9-2-3-10-25/h2-7,9-10H,8,11-16H2,1H3. The predicted octanol–water partition coefficient (Wildman–Crippen LogP) is 3.78. The van der Waals surface area contributed by atoms with Crippen LogP contribution in [0.2, 0.25) is 0 Å². The normalized spacial score (nSPS) is 17.3. The van der Waals surface area contributed by atoms with Crippen LogP contribution in [-0.2, 0) is 22.2 Å². The van der Waals surface area contributed by atoms with E-state index in [0.29, 0.717) is 31.1 Å². The number of fused-ring (bicyclic) bond motifs is 1. The fourth-order valence-corrected chi connectivity index (χ4v) is 8.10. The van der Waals surface area contributed by atoms with Crippen molar-refractivity contribution in [1.82, 2.24) is 13.8 Å². The smallest absolute Gasteiger partial charge is 0.257 e. The Labute approximate surface area is 196 Å². The second-order valence-electron chi connectivity index (χ2n) is 8.09. The molecule has 1 fully saturated rings. The van der Waals surface area contributed by atoms with Gasteiger partial charge in [0.05, 0.1) is 10.5 Å². The number of aryl methyl sites for hydroxylation is 1. The van der Waals surface area contributed by atoms with Gasteiger partial charge in [-0.1, -0.05) is 17.7 Å². The summed E-state index contributed by atoms with van der Waals surface area (Å²) >= 11 is 3.61. The molecular weight excluding hydrogens is 462 g/mol. The molecule has 2 aromatic heterocycles. The zero-order valence-electron chi connectivity index (χ0n) is 17.9. The lowest BCUT2D eigenvalue weighted by atomic mass is 10.1. The molecule has 0 atom stereocenters. The van der Waals surface area contributed by atoms with Gasteiger partial charge in [-0.05, 0) is 48.9 Å². The van der Waals surface area contributed by atoms with Gasteiger partial charge in [-0.3, -0.25) is 4.79 Å². The average Bonchev–Trinajstić information content (AvgIpc) is 3.47. The van der Waals surface area contributed by atoms with Crippen LogP contribution in [0.3, 0.4) is 0 Å². The lowest BCUT2D eigenvalue weighted by molar-refractivity contribution is 0.0697. The molecule has 168 valence electrons. The molecule has 32 heavy (non-hydrogen) atoms. The fourth-order valence-electron chi connectivity index (χ4n) is 4.24. The molecule has 0 bridgehead atoms. The molecule has 2 aliphatic rings. The Morgan fingerprint density at radius 1 is 1.00 bits per heavy atom. The van der Waals surface area contributed by atoms with Gasteiger partial charge in [-0.25, -0.2) is 8.42 Å². The van der Waals surface area contributed by atoms with Gasteiger partial charge in [0.15, 0.2) is 0 Å². The van der Waals surface area contributed by atoms with Gasteiger partial charge < -0.3 is 9.47 Å². The molecule has 1 saturated heterocycles. The number of thioether (sulfide) groups is 1. The highest BCUT2D eigenvalue weighted by molar-refractivity contribution is 7.98. The third-order valence-electron chi connectivity index (χ3n) is 6.04. The van der Waals surface area contributed by atoms with Gasteiger partial charge >= 0.3 is 0 Å². The summed E-state index contributed by atoms with van der Waals surface area (Å²) in [6.45, 7) is 3.35. The summed E-state index contributed by atoms with van der Waals surface area (Å²) in [6.07, 6.45) is 4.86. The number of amides is 1. The Bertz CT molecular complexity index is 1220. The van der Waals surface area contributed by atoms with Crippen molar-refractivity contribution in [3.63, 3.8) is 0 Å². The van der Waals surface area contributed by atoms with Crippen LogP contribution in [0.25, 0.3) is 5.00 Å². The van der Waals surface area contributed by atoms with Crippen LogP contribution in [0.1, 0.15) is 26.4 Å². The Morgan fingerprint density at radius 3 is 2.38 bits per heavy atom. The van der Waals surface area contributed by atoms with Crippen LogP contribution in [0.5, 0.6) is 0 Å². The third-order valence-corrected chi connectivity index (χ3v) is 10.4. The number of piperazine rings is 1. The van der Waals surface area contributed by atoms with Crippen molar-refractivity contribution < 1.29 is 13.2 Å². The largest absolute Gasteiger partial charge is 0.336 e. The van der Waals surface area contributed by atoms with E-state index in [4.69, 9.17) is 0 Å². The van der Waals surface area contributed by atoms with Gasteiger partial charge in [0.1, 0.15) is 5.00 Å². The summed E-state index contributed by atoms with van der Waals surface area (Å²) in [5.74, 6) is 1.99. The summed E-state index contributed by atoms with van der Waals surface area (Å²) in [5, 5.41) is 0.974. The molecule has 0 spiro atoms. The van der Waals surface area contributed by atoms with E-state index < -0.39 is 10.0 Å². The number of carbonyl (C=O) groups is 1. The number of hydrogen-bond acceptors (Lipinski definition) is 5. The first kappa shape index (κ1) is 21.8. The van der Waals surface area contributed by atoms with E-state index in [1.807, 2.05) is 64.8 Å². The Balaban J connectivity index is 1.37. The van der Waals surface area contributed by atoms with Crippen LogP contribution in [0, 0.1) is 6.92 Å². The summed E-state index contributed by atoms with van der Waals surface area (Å²) in [4.78, 5) is 17.1. The quantitative estimate of drug-likeness (QED) is 0.562. The minimum absolute atomic E-state index is 0.0190. The van der Waals surface area contributed by atoms with Crippen LogP contribution in [-0.4, -0.2) is 60.0 Å². The Kier molecular flexibility index (Phi) is 5.92. The number of benzene rings is 1. The topological polar surface area (TPSA) is 62.6 Å². The number of thiophene rings is 1. The number of aromatic nitrogens is 1. The SMILES string of the molecule is Cc1ccc(S(=O)(=O)N2CCN(C(=O)c3c(-n4cccc4)sc4c3CCSC4)CC2)cc1. The molecule has 0 N–H and O–H groups in total. The second-order valence-corrected chi connectivity index (χ2v) is 12.2. The minimum Gasteiger partial charge on any atom is -0.336 e. The van der Waals surface area contributed by atoms with Crippen LogP contribution < -0.4 is 0 Å².